The first kappa shape index (κ1) is 26.2. The van der Waals surface area contributed by atoms with Crippen LogP contribution in [0.1, 0.15) is 25.0 Å². The van der Waals surface area contributed by atoms with Gasteiger partial charge >= 0.3 is 0 Å². The fourth-order valence-electron chi connectivity index (χ4n) is 7.06. The maximum Gasteiger partial charge on any atom is 0.0540 e. The van der Waals surface area contributed by atoms with E-state index in [2.05, 4.69) is 183 Å². The maximum absolute atomic E-state index is 2.45. The molecule has 0 aromatic heterocycles. The van der Waals surface area contributed by atoms with Crippen molar-refractivity contribution in [2.75, 3.05) is 4.90 Å². The summed E-state index contributed by atoms with van der Waals surface area (Å²) in [6.07, 6.45) is 0. The lowest BCUT2D eigenvalue weighted by Crippen LogP contribution is -2.16. The Morgan fingerprint density at radius 2 is 0.977 bits per heavy atom. The van der Waals surface area contributed by atoms with E-state index in [-0.39, 0.29) is 5.41 Å². The standard InChI is InChI=1S/C43H33N/c1-43(2)40-23-12-11-21-37(40)38-25-24-34(29-41(38)43)44(33-19-13-18-32(28-33)30-14-5-3-6-15-30)42-27-26-35(31-16-7-4-8-17-31)36-20-9-10-22-39(36)42/h3-29H,1-2H3. The molecule has 1 aliphatic rings. The lowest BCUT2D eigenvalue weighted by Gasteiger charge is -2.30. The SMILES string of the molecule is CC1(C)c2ccccc2-c2ccc(N(c3cccc(-c4ccccc4)c3)c3ccc(-c4ccccc4)c4ccccc34)cc21. The summed E-state index contributed by atoms with van der Waals surface area (Å²) in [6.45, 7) is 4.71. The van der Waals surface area contributed by atoms with E-state index in [1.807, 2.05) is 0 Å². The number of hydrogen-bond donors (Lipinski definition) is 0. The first-order chi connectivity index (χ1) is 21.6. The van der Waals surface area contributed by atoms with Gasteiger partial charge in [-0.25, -0.2) is 0 Å². The van der Waals surface area contributed by atoms with Crippen molar-refractivity contribution in [1.82, 2.24) is 0 Å². The zero-order valence-corrected chi connectivity index (χ0v) is 25.0. The lowest BCUT2D eigenvalue weighted by molar-refractivity contribution is 0.660. The van der Waals surface area contributed by atoms with Gasteiger partial charge in [0.05, 0.1) is 5.69 Å². The van der Waals surface area contributed by atoms with Crippen LogP contribution in [-0.2, 0) is 5.41 Å². The topological polar surface area (TPSA) is 3.24 Å². The van der Waals surface area contributed by atoms with Crippen LogP contribution in [-0.4, -0.2) is 0 Å². The molecule has 0 atom stereocenters. The third kappa shape index (κ3) is 4.24. The van der Waals surface area contributed by atoms with Crippen LogP contribution in [0.2, 0.25) is 0 Å². The minimum atomic E-state index is -0.0846. The molecule has 8 rings (SSSR count). The summed E-state index contributed by atoms with van der Waals surface area (Å²) < 4.78 is 0. The monoisotopic (exact) mass is 563 g/mol. The van der Waals surface area contributed by atoms with Gasteiger partial charge in [-0.3, -0.25) is 0 Å². The van der Waals surface area contributed by atoms with Crippen molar-refractivity contribution in [3.8, 4) is 33.4 Å². The molecule has 0 aliphatic heterocycles. The molecule has 44 heavy (non-hydrogen) atoms. The van der Waals surface area contributed by atoms with E-state index < -0.39 is 0 Å². The number of hydrogen-bond acceptors (Lipinski definition) is 1. The fourth-order valence-corrected chi connectivity index (χ4v) is 7.06. The first-order valence-electron chi connectivity index (χ1n) is 15.4. The molecule has 0 amide bonds. The highest BCUT2D eigenvalue weighted by Gasteiger charge is 2.35. The Morgan fingerprint density at radius 3 is 1.77 bits per heavy atom. The number of benzene rings is 7. The molecule has 1 aliphatic carbocycles. The highest BCUT2D eigenvalue weighted by Crippen LogP contribution is 2.51. The molecular formula is C43H33N. The second kappa shape index (κ2) is 10.4. The van der Waals surface area contributed by atoms with Crippen molar-refractivity contribution in [2.24, 2.45) is 0 Å². The normalized spacial score (nSPS) is 13.0. The number of anilines is 3. The van der Waals surface area contributed by atoms with Gasteiger partial charge in [0.15, 0.2) is 0 Å². The Balaban J connectivity index is 1.37. The van der Waals surface area contributed by atoms with Crippen molar-refractivity contribution < 1.29 is 0 Å². The molecular weight excluding hydrogens is 530 g/mol. The molecule has 0 saturated carbocycles. The molecule has 0 unspecified atom stereocenters. The second-order valence-electron chi connectivity index (χ2n) is 12.2. The van der Waals surface area contributed by atoms with E-state index in [1.54, 1.807) is 0 Å². The smallest absolute Gasteiger partial charge is 0.0540 e. The van der Waals surface area contributed by atoms with Crippen LogP contribution in [0.3, 0.4) is 0 Å². The molecule has 210 valence electrons. The minimum Gasteiger partial charge on any atom is -0.310 e. The van der Waals surface area contributed by atoms with Crippen LogP contribution in [0.15, 0.2) is 164 Å². The van der Waals surface area contributed by atoms with Crippen molar-refractivity contribution in [2.45, 2.75) is 19.3 Å². The fraction of sp³-hybridized carbons (Fsp3) is 0.0698. The van der Waals surface area contributed by atoms with Crippen molar-refractivity contribution in [3.63, 3.8) is 0 Å². The van der Waals surface area contributed by atoms with Crippen LogP contribution in [0, 0.1) is 0 Å². The van der Waals surface area contributed by atoms with Gasteiger partial charge in [0.1, 0.15) is 0 Å². The highest BCUT2D eigenvalue weighted by molar-refractivity contribution is 6.06. The number of rotatable bonds is 5. The Hall–Kier alpha value is -5.40. The van der Waals surface area contributed by atoms with Gasteiger partial charge in [0.2, 0.25) is 0 Å². The summed E-state index contributed by atoms with van der Waals surface area (Å²) >= 11 is 0. The summed E-state index contributed by atoms with van der Waals surface area (Å²) in [4.78, 5) is 2.45. The summed E-state index contributed by atoms with van der Waals surface area (Å²) in [7, 11) is 0. The Kier molecular flexibility index (Phi) is 6.20. The van der Waals surface area contributed by atoms with Gasteiger partial charge in [-0.1, -0.05) is 147 Å². The predicted octanol–water partition coefficient (Wildman–Crippen LogP) is 11.9. The van der Waals surface area contributed by atoms with Crippen molar-refractivity contribution in [3.05, 3.63) is 175 Å². The molecule has 1 nitrogen and oxygen atoms in total. The predicted molar refractivity (Wildman–Crippen MR) is 187 cm³/mol. The molecule has 0 bridgehead atoms. The Morgan fingerprint density at radius 1 is 0.386 bits per heavy atom. The van der Waals surface area contributed by atoms with Crippen LogP contribution in [0.5, 0.6) is 0 Å². The van der Waals surface area contributed by atoms with Gasteiger partial charge in [-0.15, -0.1) is 0 Å². The Bertz CT molecular complexity index is 2140. The van der Waals surface area contributed by atoms with Crippen LogP contribution in [0.4, 0.5) is 17.1 Å². The minimum absolute atomic E-state index is 0.0846. The molecule has 7 aromatic carbocycles. The zero-order chi connectivity index (χ0) is 29.7. The molecule has 0 saturated heterocycles. The van der Waals surface area contributed by atoms with E-state index in [1.165, 1.54) is 61.0 Å². The highest BCUT2D eigenvalue weighted by atomic mass is 15.1. The van der Waals surface area contributed by atoms with Gasteiger partial charge < -0.3 is 4.90 Å². The largest absolute Gasteiger partial charge is 0.310 e. The molecule has 0 N–H and O–H groups in total. The summed E-state index contributed by atoms with van der Waals surface area (Å²) in [5.74, 6) is 0. The number of nitrogens with zero attached hydrogens (tertiary/aromatic N) is 1. The first-order valence-corrected chi connectivity index (χ1v) is 15.4. The Labute approximate surface area is 259 Å². The van der Waals surface area contributed by atoms with E-state index in [9.17, 15) is 0 Å². The van der Waals surface area contributed by atoms with Gasteiger partial charge in [0, 0.05) is 22.2 Å². The third-order valence-electron chi connectivity index (χ3n) is 9.26. The lowest BCUT2D eigenvalue weighted by atomic mass is 9.82. The summed E-state index contributed by atoms with van der Waals surface area (Å²) in [6, 6.07) is 59.6. The average molecular weight is 564 g/mol. The van der Waals surface area contributed by atoms with E-state index in [0.717, 1.165) is 11.4 Å². The number of fused-ring (bicyclic) bond motifs is 4. The second-order valence-corrected chi connectivity index (χ2v) is 12.2. The van der Waals surface area contributed by atoms with Gasteiger partial charge in [0.25, 0.3) is 0 Å². The quantitative estimate of drug-likeness (QED) is 0.201. The molecule has 0 spiro atoms. The van der Waals surface area contributed by atoms with E-state index >= 15 is 0 Å². The molecule has 7 aromatic rings. The third-order valence-corrected chi connectivity index (χ3v) is 9.26. The average Bonchev–Trinajstić information content (AvgIpc) is 3.32. The molecule has 0 fully saturated rings. The van der Waals surface area contributed by atoms with Gasteiger partial charge in [-0.2, -0.15) is 0 Å². The van der Waals surface area contributed by atoms with Crippen LogP contribution in [0.25, 0.3) is 44.2 Å². The molecule has 0 heterocycles. The molecule has 1 heteroatoms. The van der Waals surface area contributed by atoms with Crippen molar-refractivity contribution >= 4 is 27.8 Å². The maximum atomic E-state index is 2.45. The van der Waals surface area contributed by atoms with Crippen molar-refractivity contribution in [1.29, 1.82) is 0 Å². The molecule has 0 radical (unpaired) electrons. The van der Waals surface area contributed by atoms with Crippen LogP contribution < -0.4 is 4.90 Å². The van der Waals surface area contributed by atoms with E-state index in [4.69, 9.17) is 0 Å². The van der Waals surface area contributed by atoms with Crippen LogP contribution >= 0.6 is 0 Å². The van der Waals surface area contributed by atoms with Gasteiger partial charge in [-0.05, 0) is 80.2 Å². The van der Waals surface area contributed by atoms with E-state index in [0.29, 0.717) is 0 Å². The zero-order valence-electron chi connectivity index (χ0n) is 25.0. The summed E-state index contributed by atoms with van der Waals surface area (Å²) in [5, 5.41) is 2.47. The summed E-state index contributed by atoms with van der Waals surface area (Å²) in [5.41, 5.74) is 13.7.